The SMILES string of the molecule is CN=C(NCCNC(=O)c1ccc(Br)cc1)N1CCC(C)(C)C1.I. The van der Waals surface area contributed by atoms with Crippen LogP contribution >= 0.6 is 39.9 Å². The van der Waals surface area contributed by atoms with Crippen LogP contribution in [0.3, 0.4) is 0 Å². The van der Waals surface area contributed by atoms with Crippen LogP contribution in [-0.2, 0) is 0 Å². The maximum absolute atomic E-state index is 12.0. The Morgan fingerprint density at radius 1 is 1.25 bits per heavy atom. The first-order valence-corrected chi connectivity index (χ1v) is 8.70. The summed E-state index contributed by atoms with van der Waals surface area (Å²) in [7, 11) is 1.80. The van der Waals surface area contributed by atoms with Gasteiger partial charge in [0, 0.05) is 43.3 Å². The molecule has 1 fully saturated rings. The summed E-state index contributed by atoms with van der Waals surface area (Å²) >= 11 is 3.36. The van der Waals surface area contributed by atoms with Crippen molar-refractivity contribution in [3.05, 3.63) is 34.3 Å². The molecule has 0 atom stereocenters. The smallest absolute Gasteiger partial charge is 0.251 e. The molecule has 1 aromatic carbocycles. The Labute approximate surface area is 169 Å². The predicted octanol–water partition coefficient (Wildman–Crippen LogP) is 3.10. The molecule has 0 saturated carbocycles. The number of hydrogen-bond donors (Lipinski definition) is 2. The number of halogens is 2. The zero-order valence-electron chi connectivity index (χ0n) is 14.4. The van der Waals surface area contributed by atoms with Gasteiger partial charge in [-0.05, 0) is 36.1 Å². The number of hydrogen-bond acceptors (Lipinski definition) is 2. The van der Waals surface area contributed by atoms with Gasteiger partial charge < -0.3 is 15.5 Å². The van der Waals surface area contributed by atoms with Crippen LogP contribution in [-0.4, -0.2) is 50.0 Å². The Balaban J connectivity index is 0.00000288. The Kier molecular flexibility index (Phi) is 8.49. The van der Waals surface area contributed by atoms with E-state index in [1.54, 1.807) is 19.2 Å². The lowest BCUT2D eigenvalue weighted by Gasteiger charge is -2.23. The van der Waals surface area contributed by atoms with Crippen molar-refractivity contribution >= 4 is 51.8 Å². The fourth-order valence-electron chi connectivity index (χ4n) is 2.68. The van der Waals surface area contributed by atoms with E-state index in [9.17, 15) is 4.79 Å². The predicted molar refractivity (Wildman–Crippen MR) is 113 cm³/mol. The van der Waals surface area contributed by atoms with E-state index >= 15 is 0 Å². The van der Waals surface area contributed by atoms with Crippen molar-refractivity contribution in [2.75, 3.05) is 33.2 Å². The molecule has 0 spiro atoms. The van der Waals surface area contributed by atoms with E-state index in [-0.39, 0.29) is 29.9 Å². The maximum atomic E-state index is 12.0. The fourth-order valence-corrected chi connectivity index (χ4v) is 2.94. The molecule has 24 heavy (non-hydrogen) atoms. The lowest BCUT2D eigenvalue weighted by molar-refractivity contribution is 0.0954. The van der Waals surface area contributed by atoms with Gasteiger partial charge in [-0.1, -0.05) is 29.8 Å². The summed E-state index contributed by atoms with van der Waals surface area (Å²) in [4.78, 5) is 18.6. The molecule has 1 aromatic rings. The molecule has 1 amide bonds. The molecular weight excluding hydrogens is 483 g/mol. The highest BCUT2D eigenvalue weighted by Crippen LogP contribution is 2.28. The number of rotatable bonds is 4. The van der Waals surface area contributed by atoms with E-state index in [1.165, 1.54) is 6.42 Å². The van der Waals surface area contributed by atoms with Crippen molar-refractivity contribution in [1.82, 2.24) is 15.5 Å². The Hall–Kier alpha value is -0.830. The van der Waals surface area contributed by atoms with Crippen molar-refractivity contribution in [1.29, 1.82) is 0 Å². The topological polar surface area (TPSA) is 56.7 Å². The quantitative estimate of drug-likeness (QED) is 0.284. The van der Waals surface area contributed by atoms with Crippen molar-refractivity contribution in [3.63, 3.8) is 0 Å². The van der Waals surface area contributed by atoms with Gasteiger partial charge in [0.05, 0.1) is 0 Å². The van der Waals surface area contributed by atoms with Crippen molar-refractivity contribution in [3.8, 4) is 0 Å². The van der Waals surface area contributed by atoms with Crippen LogP contribution in [0.5, 0.6) is 0 Å². The van der Waals surface area contributed by atoms with Crippen LogP contribution in [0.4, 0.5) is 0 Å². The molecule has 7 heteroatoms. The lowest BCUT2D eigenvalue weighted by atomic mass is 9.93. The van der Waals surface area contributed by atoms with Crippen molar-refractivity contribution in [2.24, 2.45) is 10.4 Å². The molecule has 5 nitrogen and oxygen atoms in total. The molecule has 0 aliphatic carbocycles. The number of likely N-dealkylation sites (tertiary alicyclic amines) is 1. The second kappa shape index (κ2) is 9.60. The summed E-state index contributed by atoms with van der Waals surface area (Å²) in [5.41, 5.74) is 1.01. The van der Waals surface area contributed by atoms with Crippen LogP contribution in [0.2, 0.25) is 0 Å². The zero-order valence-corrected chi connectivity index (χ0v) is 18.4. The molecule has 1 aliphatic rings. The third-order valence-electron chi connectivity index (χ3n) is 3.99. The summed E-state index contributed by atoms with van der Waals surface area (Å²) in [6.45, 7) is 7.81. The Morgan fingerprint density at radius 3 is 2.42 bits per heavy atom. The molecule has 1 heterocycles. The average molecular weight is 509 g/mol. The Morgan fingerprint density at radius 2 is 1.88 bits per heavy atom. The highest BCUT2D eigenvalue weighted by atomic mass is 127. The van der Waals surface area contributed by atoms with Crippen LogP contribution in [0.15, 0.2) is 33.7 Å². The summed E-state index contributed by atoms with van der Waals surface area (Å²) in [6.07, 6.45) is 1.17. The second-order valence-electron chi connectivity index (χ2n) is 6.57. The molecule has 134 valence electrons. The lowest BCUT2D eigenvalue weighted by Crippen LogP contribution is -2.43. The van der Waals surface area contributed by atoms with Gasteiger partial charge in [-0.3, -0.25) is 9.79 Å². The normalized spacial score (nSPS) is 16.5. The van der Waals surface area contributed by atoms with Crippen molar-refractivity contribution < 1.29 is 4.79 Å². The highest BCUT2D eigenvalue weighted by Gasteiger charge is 2.30. The number of guanidine groups is 1. The second-order valence-corrected chi connectivity index (χ2v) is 7.49. The van der Waals surface area contributed by atoms with E-state index in [4.69, 9.17) is 0 Å². The van der Waals surface area contributed by atoms with Gasteiger partial charge in [0.2, 0.25) is 0 Å². The van der Waals surface area contributed by atoms with E-state index in [1.807, 2.05) is 12.1 Å². The standard InChI is InChI=1S/C17H25BrN4O.HI/c1-17(2)8-11-22(12-17)16(19-3)21-10-9-20-15(23)13-4-6-14(18)7-5-13;/h4-7H,8-12H2,1-3H3,(H,19,21)(H,20,23);1H. The number of benzene rings is 1. The van der Waals surface area contributed by atoms with E-state index in [0.29, 0.717) is 24.1 Å². The molecule has 1 aliphatic heterocycles. The summed E-state index contributed by atoms with van der Waals surface area (Å²) in [5, 5.41) is 6.23. The van der Waals surface area contributed by atoms with Crippen LogP contribution in [0.1, 0.15) is 30.6 Å². The number of amides is 1. The third-order valence-corrected chi connectivity index (χ3v) is 4.52. The number of aliphatic imine (C=N–C) groups is 1. The van der Waals surface area contributed by atoms with Crippen LogP contribution < -0.4 is 10.6 Å². The van der Waals surface area contributed by atoms with E-state index < -0.39 is 0 Å². The van der Waals surface area contributed by atoms with E-state index in [2.05, 4.69) is 50.3 Å². The maximum Gasteiger partial charge on any atom is 0.251 e. The molecular formula is C17H26BrIN4O. The first-order valence-electron chi connectivity index (χ1n) is 7.91. The molecule has 0 radical (unpaired) electrons. The number of carbonyl (C=O) groups is 1. The minimum atomic E-state index is -0.0587. The van der Waals surface area contributed by atoms with Gasteiger partial charge >= 0.3 is 0 Å². The molecule has 0 unspecified atom stereocenters. The number of nitrogens with one attached hydrogen (secondary N) is 2. The van der Waals surface area contributed by atoms with Gasteiger partial charge in [0.15, 0.2) is 5.96 Å². The number of nitrogens with zero attached hydrogens (tertiary/aromatic N) is 2. The van der Waals surface area contributed by atoms with Gasteiger partial charge in [0.1, 0.15) is 0 Å². The van der Waals surface area contributed by atoms with Crippen LogP contribution in [0.25, 0.3) is 0 Å². The first kappa shape index (κ1) is 21.2. The third kappa shape index (κ3) is 6.23. The number of carbonyl (C=O) groups excluding carboxylic acids is 1. The van der Waals surface area contributed by atoms with Crippen molar-refractivity contribution in [2.45, 2.75) is 20.3 Å². The molecule has 1 saturated heterocycles. The monoisotopic (exact) mass is 508 g/mol. The average Bonchev–Trinajstić information content (AvgIpc) is 2.87. The zero-order chi connectivity index (χ0) is 16.9. The molecule has 2 rings (SSSR count). The van der Waals surface area contributed by atoms with Gasteiger partial charge in [-0.25, -0.2) is 0 Å². The van der Waals surface area contributed by atoms with Gasteiger partial charge in [-0.15, -0.1) is 24.0 Å². The van der Waals surface area contributed by atoms with Gasteiger partial charge in [-0.2, -0.15) is 0 Å². The first-order chi connectivity index (χ1) is 10.9. The van der Waals surface area contributed by atoms with E-state index in [0.717, 1.165) is 23.5 Å². The largest absolute Gasteiger partial charge is 0.354 e. The Bertz CT molecular complexity index is 574. The minimum absolute atomic E-state index is 0. The highest BCUT2D eigenvalue weighted by molar-refractivity contribution is 14.0. The fraction of sp³-hybridized carbons (Fsp3) is 0.529. The summed E-state index contributed by atoms with van der Waals surface area (Å²) in [6, 6.07) is 7.34. The summed E-state index contributed by atoms with van der Waals surface area (Å²) < 4.78 is 0.966. The van der Waals surface area contributed by atoms with Gasteiger partial charge in [0.25, 0.3) is 5.91 Å². The van der Waals surface area contributed by atoms with Crippen LogP contribution in [0, 0.1) is 5.41 Å². The molecule has 0 bridgehead atoms. The summed E-state index contributed by atoms with van der Waals surface area (Å²) in [5.74, 6) is 0.852. The minimum Gasteiger partial charge on any atom is -0.354 e. The molecule has 2 N–H and O–H groups in total. The molecule has 0 aromatic heterocycles.